The summed E-state index contributed by atoms with van der Waals surface area (Å²) in [5.41, 5.74) is -0.329. The number of thiazole rings is 1. The standard InChI is InChI=1S/C13H11F3N2O2S/c1-7-10(11(19)20)18-12(21-7)17-6-8-3-2-4-9(5-8)13(14,15)16/h2-5H,6H2,1H3,(H,17,18)(H,19,20). The van der Waals surface area contributed by atoms with Gasteiger partial charge < -0.3 is 10.4 Å². The average Bonchev–Trinajstić information content (AvgIpc) is 2.77. The van der Waals surface area contributed by atoms with E-state index in [-0.39, 0.29) is 12.2 Å². The molecule has 0 aliphatic carbocycles. The Kier molecular flexibility index (Phi) is 4.17. The van der Waals surface area contributed by atoms with Crippen molar-refractivity contribution in [2.75, 3.05) is 5.32 Å². The molecule has 0 atom stereocenters. The van der Waals surface area contributed by atoms with Gasteiger partial charge in [0, 0.05) is 11.4 Å². The minimum atomic E-state index is -4.38. The lowest BCUT2D eigenvalue weighted by Gasteiger charge is -2.09. The van der Waals surface area contributed by atoms with E-state index in [1.165, 1.54) is 6.07 Å². The van der Waals surface area contributed by atoms with Crippen LogP contribution in [0.2, 0.25) is 0 Å². The van der Waals surface area contributed by atoms with Crippen LogP contribution < -0.4 is 5.32 Å². The lowest BCUT2D eigenvalue weighted by atomic mass is 10.1. The highest BCUT2D eigenvalue weighted by atomic mass is 32.1. The van der Waals surface area contributed by atoms with Crippen LogP contribution in [-0.4, -0.2) is 16.1 Å². The highest BCUT2D eigenvalue weighted by molar-refractivity contribution is 7.15. The molecule has 8 heteroatoms. The van der Waals surface area contributed by atoms with Crippen LogP contribution in [0.15, 0.2) is 24.3 Å². The molecule has 0 aliphatic heterocycles. The fourth-order valence-electron chi connectivity index (χ4n) is 1.71. The number of anilines is 1. The first-order valence-corrected chi connectivity index (χ1v) is 6.70. The first-order chi connectivity index (χ1) is 9.77. The summed E-state index contributed by atoms with van der Waals surface area (Å²) in [6.07, 6.45) is -4.38. The Morgan fingerprint density at radius 2 is 2.14 bits per heavy atom. The number of aromatic carboxylic acids is 1. The summed E-state index contributed by atoms with van der Waals surface area (Å²) >= 11 is 1.15. The summed E-state index contributed by atoms with van der Waals surface area (Å²) in [4.78, 5) is 15.3. The van der Waals surface area contributed by atoms with Crippen molar-refractivity contribution in [3.05, 3.63) is 46.0 Å². The first-order valence-electron chi connectivity index (χ1n) is 5.88. The van der Waals surface area contributed by atoms with Gasteiger partial charge in [-0.1, -0.05) is 12.1 Å². The van der Waals surface area contributed by atoms with Crippen molar-refractivity contribution in [1.29, 1.82) is 0 Å². The zero-order valence-corrected chi connectivity index (χ0v) is 11.7. The molecule has 2 N–H and O–H groups in total. The molecule has 0 aliphatic rings. The number of nitrogens with zero attached hydrogens (tertiary/aromatic N) is 1. The third-order valence-electron chi connectivity index (χ3n) is 2.70. The Bertz CT molecular complexity index is 668. The molecule has 2 rings (SSSR count). The summed E-state index contributed by atoms with van der Waals surface area (Å²) in [6, 6.07) is 4.93. The summed E-state index contributed by atoms with van der Waals surface area (Å²) < 4.78 is 37.7. The largest absolute Gasteiger partial charge is 0.476 e. The molecule has 0 saturated heterocycles. The van der Waals surface area contributed by atoms with Crippen molar-refractivity contribution in [1.82, 2.24) is 4.98 Å². The number of hydrogen-bond donors (Lipinski definition) is 2. The molecule has 1 aromatic heterocycles. The quantitative estimate of drug-likeness (QED) is 0.901. The Balaban J connectivity index is 2.10. The van der Waals surface area contributed by atoms with Gasteiger partial charge in [-0.2, -0.15) is 13.2 Å². The van der Waals surface area contributed by atoms with Gasteiger partial charge >= 0.3 is 12.1 Å². The number of carbonyl (C=O) groups is 1. The first kappa shape index (κ1) is 15.3. The Labute approximate surface area is 122 Å². The van der Waals surface area contributed by atoms with Gasteiger partial charge in [0.2, 0.25) is 0 Å². The molecule has 0 unspecified atom stereocenters. The molecule has 0 amide bonds. The van der Waals surface area contributed by atoms with Crippen LogP contribution >= 0.6 is 11.3 Å². The second kappa shape index (κ2) is 5.72. The second-order valence-corrected chi connectivity index (χ2v) is 5.48. The molecule has 1 aromatic carbocycles. The number of rotatable bonds is 4. The maximum Gasteiger partial charge on any atom is 0.416 e. The van der Waals surface area contributed by atoms with Gasteiger partial charge in [0.1, 0.15) is 0 Å². The predicted octanol–water partition coefficient (Wildman–Crippen LogP) is 3.78. The lowest BCUT2D eigenvalue weighted by molar-refractivity contribution is -0.137. The van der Waals surface area contributed by atoms with Gasteiger partial charge in [0.05, 0.1) is 5.56 Å². The maximum absolute atomic E-state index is 12.6. The number of benzene rings is 1. The van der Waals surface area contributed by atoms with E-state index in [2.05, 4.69) is 10.3 Å². The molecular weight excluding hydrogens is 305 g/mol. The fraction of sp³-hybridized carbons (Fsp3) is 0.231. The number of nitrogens with one attached hydrogen (secondary N) is 1. The number of aryl methyl sites for hydroxylation is 1. The lowest BCUT2D eigenvalue weighted by Crippen LogP contribution is -2.07. The molecular formula is C13H11F3N2O2S. The third kappa shape index (κ3) is 3.72. The fourth-order valence-corrected chi connectivity index (χ4v) is 2.51. The molecule has 0 bridgehead atoms. The van der Waals surface area contributed by atoms with Crippen molar-refractivity contribution in [3.63, 3.8) is 0 Å². The van der Waals surface area contributed by atoms with Crippen LogP contribution in [0.1, 0.15) is 26.5 Å². The van der Waals surface area contributed by atoms with Gasteiger partial charge in [0.25, 0.3) is 0 Å². The molecule has 1 heterocycles. The smallest absolute Gasteiger partial charge is 0.416 e. The molecule has 0 saturated carbocycles. The molecule has 0 spiro atoms. The minimum absolute atomic E-state index is 0.0495. The Hall–Kier alpha value is -2.09. The zero-order valence-electron chi connectivity index (χ0n) is 10.9. The summed E-state index contributed by atoms with van der Waals surface area (Å²) in [5, 5.41) is 12.1. The summed E-state index contributed by atoms with van der Waals surface area (Å²) in [6.45, 7) is 1.76. The van der Waals surface area contributed by atoms with E-state index in [1.807, 2.05) is 0 Å². The average molecular weight is 316 g/mol. The number of halogens is 3. The van der Waals surface area contributed by atoms with Crippen LogP contribution in [0.3, 0.4) is 0 Å². The van der Waals surface area contributed by atoms with E-state index < -0.39 is 17.7 Å². The van der Waals surface area contributed by atoms with Crippen molar-refractivity contribution in [2.24, 2.45) is 0 Å². The molecule has 0 fully saturated rings. The van der Waals surface area contributed by atoms with E-state index in [0.29, 0.717) is 15.6 Å². The summed E-state index contributed by atoms with van der Waals surface area (Å²) in [5.74, 6) is -1.13. The van der Waals surface area contributed by atoms with Crippen molar-refractivity contribution < 1.29 is 23.1 Å². The van der Waals surface area contributed by atoms with Gasteiger partial charge in [-0.3, -0.25) is 0 Å². The monoisotopic (exact) mass is 316 g/mol. The normalized spacial score (nSPS) is 11.4. The van der Waals surface area contributed by atoms with E-state index in [1.54, 1.807) is 13.0 Å². The van der Waals surface area contributed by atoms with Crippen LogP contribution in [0.4, 0.5) is 18.3 Å². The van der Waals surface area contributed by atoms with Crippen LogP contribution in [-0.2, 0) is 12.7 Å². The van der Waals surface area contributed by atoms with E-state index >= 15 is 0 Å². The highest BCUT2D eigenvalue weighted by Gasteiger charge is 2.30. The van der Waals surface area contributed by atoms with Gasteiger partial charge in [-0.15, -0.1) is 11.3 Å². The molecule has 0 radical (unpaired) electrons. The molecule has 4 nitrogen and oxygen atoms in total. The topological polar surface area (TPSA) is 62.2 Å². The number of carboxylic acids is 1. The zero-order chi connectivity index (χ0) is 15.6. The molecule has 21 heavy (non-hydrogen) atoms. The Morgan fingerprint density at radius 3 is 2.71 bits per heavy atom. The molecule has 112 valence electrons. The maximum atomic E-state index is 12.6. The number of hydrogen-bond acceptors (Lipinski definition) is 4. The van der Waals surface area contributed by atoms with Crippen LogP contribution in [0, 0.1) is 6.92 Å². The molecule has 2 aromatic rings. The van der Waals surface area contributed by atoms with E-state index in [0.717, 1.165) is 23.5 Å². The van der Waals surface area contributed by atoms with E-state index in [4.69, 9.17) is 5.11 Å². The summed E-state index contributed by atoms with van der Waals surface area (Å²) in [7, 11) is 0. The third-order valence-corrected chi connectivity index (χ3v) is 3.63. The van der Waals surface area contributed by atoms with Crippen LogP contribution in [0.5, 0.6) is 0 Å². The van der Waals surface area contributed by atoms with Gasteiger partial charge in [-0.25, -0.2) is 9.78 Å². The van der Waals surface area contributed by atoms with Crippen LogP contribution in [0.25, 0.3) is 0 Å². The van der Waals surface area contributed by atoms with Crippen molar-refractivity contribution in [3.8, 4) is 0 Å². The number of aromatic nitrogens is 1. The Morgan fingerprint density at radius 1 is 1.43 bits per heavy atom. The number of alkyl halides is 3. The highest BCUT2D eigenvalue weighted by Crippen LogP contribution is 2.30. The van der Waals surface area contributed by atoms with E-state index in [9.17, 15) is 18.0 Å². The predicted molar refractivity (Wildman–Crippen MR) is 72.6 cm³/mol. The minimum Gasteiger partial charge on any atom is -0.476 e. The van der Waals surface area contributed by atoms with Gasteiger partial charge in [-0.05, 0) is 24.6 Å². The second-order valence-electron chi connectivity index (χ2n) is 4.28. The van der Waals surface area contributed by atoms with Crippen molar-refractivity contribution in [2.45, 2.75) is 19.6 Å². The van der Waals surface area contributed by atoms with Crippen molar-refractivity contribution >= 4 is 22.4 Å². The van der Waals surface area contributed by atoms with Gasteiger partial charge in [0.15, 0.2) is 10.8 Å². The number of carboxylic acid groups (broad SMARTS) is 1. The SMILES string of the molecule is Cc1sc(NCc2cccc(C(F)(F)F)c2)nc1C(=O)O.